The van der Waals surface area contributed by atoms with Crippen molar-refractivity contribution < 1.29 is 0 Å². The van der Waals surface area contributed by atoms with Gasteiger partial charge in [-0.3, -0.25) is 0 Å². The third kappa shape index (κ3) is 6.24. The summed E-state index contributed by atoms with van der Waals surface area (Å²) < 4.78 is 0. The second-order valence-corrected chi connectivity index (χ2v) is 15.7. The van der Waals surface area contributed by atoms with Crippen LogP contribution in [0.5, 0.6) is 0 Å². The van der Waals surface area contributed by atoms with Crippen LogP contribution in [0.3, 0.4) is 0 Å². The first-order valence-corrected chi connectivity index (χ1v) is 20.1. The highest BCUT2D eigenvalue weighted by molar-refractivity contribution is 5.99. The Hall–Kier alpha value is -6.90. The van der Waals surface area contributed by atoms with E-state index in [0.29, 0.717) is 0 Å². The molecule has 2 heteroatoms. The van der Waals surface area contributed by atoms with Crippen LogP contribution >= 0.6 is 0 Å². The lowest BCUT2D eigenvalue weighted by molar-refractivity contribution is 0.602. The maximum atomic E-state index is 2.47. The van der Waals surface area contributed by atoms with Crippen molar-refractivity contribution in [2.75, 3.05) is 9.80 Å². The minimum absolute atomic E-state index is 0.0420. The first kappa shape index (κ1) is 34.6. The summed E-state index contributed by atoms with van der Waals surface area (Å²) >= 11 is 0. The quantitative estimate of drug-likeness (QED) is 0.153. The Labute approximate surface area is 336 Å². The molecular formula is C55H44N2. The highest BCUT2D eigenvalue weighted by Crippen LogP contribution is 2.52. The molecule has 0 heterocycles. The van der Waals surface area contributed by atoms with E-state index in [-0.39, 0.29) is 5.41 Å². The molecule has 0 unspecified atom stereocenters. The van der Waals surface area contributed by atoms with Gasteiger partial charge < -0.3 is 9.80 Å². The number of rotatable bonds is 8. The zero-order valence-electron chi connectivity index (χ0n) is 32.4. The van der Waals surface area contributed by atoms with E-state index in [4.69, 9.17) is 0 Å². The van der Waals surface area contributed by atoms with Crippen molar-refractivity contribution in [3.05, 3.63) is 229 Å². The minimum atomic E-state index is 0.0420. The zero-order valence-corrected chi connectivity index (χ0v) is 32.4. The summed E-state index contributed by atoms with van der Waals surface area (Å²) in [5, 5.41) is 2.45. The number of allylic oxidation sites excluding steroid dienone is 4. The summed E-state index contributed by atoms with van der Waals surface area (Å²) in [6, 6.07) is 72.7. The predicted octanol–water partition coefficient (Wildman–Crippen LogP) is 15.2. The molecule has 0 bridgehead atoms. The van der Waals surface area contributed by atoms with Gasteiger partial charge in [0.1, 0.15) is 0 Å². The molecule has 274 valence electrons. The number of para-hydroxylation sites is 1. The molecule has 2 aliphatic carbocycles. The van der Waals surface area contributed by atoms with Crippen LogP contribution in [0.1, 0.15) is 37.8 Å². The van der Waals surface area contributed by atoms with Gasteiger partial charge in [-0.15, -0.1) is 0 Å². The van der Waals surface area contributed by atoms with Gasteiger partial charge in [-0.2, -0.15) is 0 Å². The summed E-state index contributed by atoms with van der Waals surface area (Å²) in [6.45, 7) is 4.78. The fourth-order valence-electron chi connectivity index (χ4n) is 9.13. The Morgan fingerprint density at radius 3 is 1.54 bits per heavy atom. The number of hydrogen-bond donors (Lipinski definition) is 0. The van der Waals surface area contributed by atoms with Crippen LogP contribution in [0.25, 0.3) is 38.6 Å². The monoisotopic (exact) mass is 732 g/mol. The van der Waals surface area contributed by atoms with Crippen molar-refractivity contribution in [1.82, 2.24) is 0 Å². The lowest BCUT2D eigenvalue weighted by atomic mass is 9.78. The summed E-state index contributed by atoms with van der Waals surface area (Å²) in [5.74, 6) is 0. The van der Waals surface area contributed by atoms with Crippen molar-refractivity contribution >= 4 is 44.8 Å². The molecule has 57 heavy (non-hydrogen) atoms. The lowest BCUT2D eigenvalue weighted by Crippen LogP contribution is -2.22. The Morgan fingerprint density at radius 1 is 0.404 bits per heavy atom. The molecule has 0 saturated carbocycles. The number of fused-ring (bicyclic) bond motifs is 3. The molecule has 0 spiro atoms. The molecule has 0 fully saturated rings. The molecule has 0 saturated heterocycles. The number of nitrogens with zero attached hydrogens (tertiary/aromatic N) is 2. The molecule has 10 rings (SSSR count). The van der Waals surface area contributed by atoms with Crippen LogP contribution in [0.15, 0.2) is 218 Å². The van der Waals surface area contributed by atoms with Gasteiger partial charge in [-0.05, 0) is 118 Å². The molecular weight excluding hydrogens is 689 g/mol. The summed E-state index contributed by atoms with van der Waals surface area (Å²) in [7, 11) is 0. The smallest absolute Gasteiger partial charge is 0.0540 e. The molecule has 0 aliphatic heterocycles. The average molecular weight is 733 g/mol. The molecule has 2 nitrogen and oxygen atoms in total. The third-order valence-corrected chi connectivity index (χ3v) is 12.0. The molecule has 0 aromatic heterocycles. The normalized spacial score (nSPS) is 14.2. The van der Waals surface area contributed by atoms with E-state index in [0.717, 1.165) is 35.6 Å². The molecule has 8 aromatic carbocycles. The number of hydrogen-bond acceptors (Lipinski definition) is 2. The van der Waals surface area contributed by atoms with Crippen molar-refractivity contribution in [2.24, 2.45) is 0 Å². The van der Waals surface area contributed by atoms with Crippen LogP contribution in [-0.2, 0) is 5.41 Å². The molecule has 0 radical (unpaired) electrons. The van der Waals surface area contributed by atoms with Gasteiger partial charge in [0.15, 0.2) is 0 Å². The second kappa shape index (κ2) is 14.3. The van der Waals surface area contributed by atoms with Crippen LogP contribution in [0.2, 0.25) is 0 Å². The van der Waals surface area contributed by atoms with Gasteiger partial charge in [-0.1, -0.05) is 165 Å². The van der Waals surface area contributed by atoms with Gasteiger partial charge in [-0.25, -0.2) is 0 Å². The van der Waals surface area contributed by atoms with Gasteiger partial charge in [0.2, 0.25) is 0 Å². The van der Waals surface area contributed by atoms with E-state index >= 15 is 0 Å². The summed E-state index contributed by atoms with van der Waals surface area (Å²) in [6.07, 6.45) is 4.50. The highest BCUT2D eigenvalue weighted by Gasteiger charge is 2.38. The summed E-state index contributed by atoms with van der Waals surface area (Å²) in [5.41, 5.74) is 17.7. The maximum Gasteiger partial charge on any atom is 0.0540 e. The predicted molar refractivity (Wildman–Crippen MR) is 242 cm³/mol. The SMILES string of the molecule is CC1(C)C2=C(C=C(N(c3ccc(-c4ccccc4)cc3)c3ccc(-c4ccc(N(c5ccccc5)c5cccc6ccccc56)cc4)cc3)CC2)c2ccccc21. The van der Waals surface area contributed by atoms with E-state index in [1.165, 1.54) is 61.1 Å². The lowest BCUT2D eigenvalue weighted by Gasteiger charge is -2.33. The van der Waals surface area contributed by atoms with E-state index < -0.39 is 0 Å². The first-order valence-electron chi connectivity index (χ1n) is 20.1. The standard InChI is InChI=1S/C55H44N2/c1-55(2)52-22-12-11-21-50(52)51-38-48(36-37-53(51)55)56(45-30-24-40(25-31-45)39-14-5-3-6-15-39)46-32-26-41(27-33-46)42-28-34-47(35-29-42)57(44-18-7-4-8-19-44)54-23-13-17-43-16-9-10-20-49(43)54/h3-35,38H,36-37H2,1-2H3. The first-order chi connectivity index (χ1) is 28.0. The van der Waals surface area contributed by atoms with E-state index in [2.05, 4.69) is 230 Å². The third-order valence-electron chi connectivity index (χ3n) is 12.0. The molecule has 8 aromatic rings. The van der Waals surface area contributed by atoms with Gasteiger partial charge in [0.25, 0.3) is 0 Å². The van der Waals surface area contributed by atoms with E-state index in [1.54, 1.807) is 5.57 Å². The Balaban J connectivity index is 1.01. The highest BCUT2D eigenvalue weighted by atomic mass is 15.2. The Morgan fingerprint density at radius 2 is 0.895 bits per heavy atom. The fourth-order valence-corrected chi connectivity index (χ4v) is 9.13. The van der Waals surface area contributed by atoms with Gasteiger partial charge >= 0.3 is 0 Å². The average Bonchev–Trinajstić information content (AvgIpc) is 3.50. The van der Waals surface area contributed by atoms with E-state index in [9.17, 15) is 0 Å². The van der Waals surface area contributed by atoms with Crippen LogP contribution in [0.4, 0.5) is 28.4 Å². The summed E-state index contributed by atoms with van der Waals surface area (Å²) in [4.78, 5) is 4.83. The molecule has 0 amide bonds. The minimum Gasteiger partial charge on any atom is -0.314 e. The Kier molecular flexibility index (Phi) is 8.68. The Bertz CT molecular complexity index is 2770. The van der Waals surface area contributed by atoms with Crippen molar-refractivity contribution in [2.45, 2.75) is 32.1 Å². The van der Waals surface area contributed by atoms with Crippen molar-refractivity contribution in [3.8, 4) is 22.3 Å². The molecule has 2 aliphatic rings. The maximum absolute atomic E-state index is 2.47. The topological polar surface area (TPSA) is 6.48 Å². The van der Waals surface area contributed by atoms with Crippen LogP contribution in [-0.4, -0.2) is 0 Å². The van der Waals surface area contributed by atoms with Gasteiger partial charge in [0, 0.05) is 39.2 Å². The van der Waals surface area contributed by atoms with Crippen molar-refractivity contribution in [1.29, 1.82) is 0 Å². The zero-order chi connectivity index (χ0) is 38.3. The molecule has 0 atom stereocenters. The largest absolute Gasteiger partial charge is 0.314 e. The molecule has 0 N–H and O–H groups in total. The van der Waals surface area contributed by atoms with Crippen LogP contribution < -0.4 is 9.80 Å². The second-order valence-electron chi connectivity index (χ2n) is 15.7. The van der Waals surface area contributed by atoms with Crippen LogP contribution in [0, 0.1) is 0 Å². The number of anilines is 5. The van der Waals surface area contributed by atoms with Crippen molar-refractivity contribution in [3.63, 3.8) is 0 Å². The van der Waals surface area contributed by atoms with E-state index in [1.807, 2.05) is 0 Å². The van der Waals surface area contributed by atoms with Gasteiger partial charge in [0.05, 0.1) is 5.69 Å². The fraction of sp³-hybridized carbons (Fsp3) is 0.0909. The number of benzene rings is 8.